The Morgan fingerprint density at radius 1 is 1.32 bits per heavy atom. The summed E-state index contributed by atoms with van der Waals surface area (Å²) in [6.45, 7) is 2.13. The molecule has 1 N–H and O–H groups in total. The van der Waals surface area contributed by atoms with E-state index in [-0.39, 0.29) is 23.7 Å². The number of ether oxygens (including phenoxy) is 2. The Bertz CT molecular complexity index is 384. The summed E-state index contributed by atoms with van der Waals surface area (Å²) in [5.41, 5.74) is 0.941. The van der Waals surface area contributed by atoms with Crippen LogP contribution in [0, 0.1) is 5.82 Å². The summed E-state index contributed by atoms with van der Waals surface area (Å²) >= 11 is 0. The van der Waals surface area contributed by atoms with E-state index in [2.05, 4.69) is 12.2 Å². The number of hydrogen-bond acceptors (Lipinski definition) is 3. The van der Waals surface area contributed by atoms with Gasteiger partial charge in [-0.25, -0.2) is 4.39 Å². The highest BCUT2D eigenvalue weighted by Crippen LogP contribution is 2.20. The number of rotatable bonds is 8. The number of nitrogens with one attached hydrogen (secondary N) is 1. The van der Waals surface area contributed by atoms with Crippen LogP contribution in [0.2, 0.25) is 0 Å². The molecule has 0 aliphatic carbocycles. The van der Waals surface area contributed by atoms with Crippen LogP contribution >= 0.6 is 0 Å². The van der Waals surface area contributed by atoms with Gasteiger partial charge in [-0.3, -0.25) is 0 Å². The van der Waals surface area contributed by atoms with E-state index in [1.54, 1.807) is 13.2 Å². The van der Waals surface area contributed by atoms with Crippen LogP contribution in [-0.4, -0.2) is 33.4 Å². The number of benzene rings is 1. The Morgan fingerprint density at radius 3 is 2.53 bits per heavy atom. The minimum Gasteiger partial charge on any atom is -0.494 e. The van der Waals surface area contributed by atoms with E-state index >= 15 is 0 Å². The monoisotopic (exact) mass is 269 g/mol. The Kier molecular flexibility index (Phi) is 6.81. The maximum atomic E-state index is 13.7. The van der Waals surface area contributed by atoms with Crippen LogP contribution in [0.4, 0.5) is 4.39 Å². The van der Waals surface area contributed by atoms with Gasteiger partial charge in [-0.05, 0) is 37.6 Å². The number of halogens is 1. The van der Waals surface area contributed by atoms with Gasteiger partial charge in [-0.2, -0.15) is 0 Å². The van der Waals surface area contributed by atoms with Crippen LogP contribution in [0.15, 0.2) is 18.2 Å². The lowest BCUT2D eigenvalue weighted by molar-refractivity contribution is 0.0633. The molecule has 1 rings (SSSR count). The van der Waals surface area contributed by atoms with Crippen molar-refractivity contribution in [2.45, 2.75) is 38.3 Å². The molecule has 0 radical (unpaired) electrons. The second kappa shape index (κ2) is 8.12. The molecule has 1 aromatic rings. The van der Waals surface area contributed by atoms with Crippen LogP contribution in [0.1, 0.15) is 25.3 Å². The van der Waals surface area contributed by atoms with Gasteiger partial charge in [0.2, 0.25) is 0 Å². The maximum Gasteiger partial charge on any atom is 0.165 e. The molecule has 0 bridgehead atoms. The van der Waals surface area contributed by atoms with Crippen molar-refractivity contribution in [2.24, 2.45) is 0 Å². The lowest BCUT2D eigenvalue weighted by Crippen LogP contribution is -2.40. The first-order chi connectivity index (χ1) is 9.15. The lowest BCUT2D eigenvalue weighted by atomic mass is 9.98. The maximum absolute atomic E-state index is 13.7. The van der Waals surface area contributed by atoms with E-state index in [9.17, 15) is 4.39 Å². The van der Waals surface area contributed by atoms with Crippen LogP contribution in [0.5, 0.6) is 5.75 Å². The molecule has 0 aliphatic rings. The van der Waals surface area contributed by atoms with Crippen molar-refractivity contribution < 1.29 is 13.9 Å². The van der Waals surface area contributed by atoms with Gasteiger partial charge in [0, 0.05) is 13.2 Å². The minimum atomic E-state index is -0.320. The van der Waals surface area contributed by atoms with Gasteiger partial charge in [0.15, 0.2) is 11.6 Å². The molecule has 0 aromatic heterocycles. The number of hydrogen-bond donors (Lipinski definition) is 1. The van der Waals surface area contributed by atoms with Crippen LogP contribution in [0.3, 0.4) is 0 Å². The normalized spacial score (nSPS) is 14.2. The van der Waals surface area contributed by atoms with E-state index in [0.717, 1.165) is 24.8 Å². The highest BCUT2D eigenvalue weighted by Gasteiger charge is 2.19. The highest BCUT2D eigenvalue weighted by molar-refractivity contribution is 5.29. The molecule has 1 aromatic carbocycles. The zero-order chi connectivity index (χ0) is 14.3. The van der Waals surface area contributed by atoms with Crippen molar-refractivity contribution in [2.75, 3.05) is 21.3 Å². The third-order valence-electron chi connectivity index (χ3n) is 3.37. The van der Waals surface area contributed by atoms with Crippen molar-refractivity contribution in [3.63, 3.8) is 0 Å². The molecule has 0 fully saturated rings. The fraction of sp³-hybridized carbons (Fsp3) is 0.600. The van der Waals surface area contributed by atoms with Crippen molar-refractivity contribution in [1.29, 1.82) is 0 Å². The van der Waals surface area contributed by atoms with E-state index in [1.165, 1.54) is 13.2 Å². The third-order valence-corrected chi connectivity index (χ3v) is 3.37. The van der Waals surface area contributed by atoms with Gasteiger partial charge in [-0.15, -0.1) is 0 Å². The zero-order valence-corrected chi connectivity index (χ0v) is 12.2. The van der Waals surface area contributed by atoms with E-state index in [1.807, 2.05) is 13.1 Å². The predicted molar refractivity (Wildman–Crippen MR) is 75.2 cm³/mol. The van der Waals surface area contributed by atoms with Crippen molar-refractivity contribution in [3.8, 4) is 5.75 Å². The van der Waals surface area contributed by atoms with Crippen LogP contribution < -0.4 is 10.1 Å². The Hall–Kier alpha value is -1.13. The van der Waals surface area contributed by atoms with E-state index in [0.29, 0.717) is 0 Å². The van der Waals surface area contributed by atoms with Crippen molar-refractivity contribution in [1.82, 2.24) is 5.32 Å². The summed E-state index contributed by atoms with van der Waals surface area (Å²) in [4.78, 5) is 0. The standard InChI is InChI=1S/C15H24FNO2/c1-5-6-15(19-4)13(17-2)10-11-7-8-14(18-3)12(16)9-11/h7-9,13,15,17H,5-6,10H2,1-4H3. The molecule has 0 amide bonds. The fourth-order valence-electron chi connectivity index (χ4n) is 2.28. The van der Waals surface area contributed by atoms with E-state index < -0.39 is 0 Å². The first-order valence-electron chi connectivity index (χ1n) is 6.68. The highest BCUT2D eigenvalue weighted by atomic mass is 19.1. The minimum absolute atomic E-state index is 0.139. The molecule has 0 saturated heterocycles. The summed E-state index contributed by atoms with van der Waals surface area (Å²) in [6.07, 6.45) is 2.92. The Morgan fingerprint density at radius 2 is 2.05 bits per heavy atom. The third kappa shape index (κ3) is 4.48. The molecular formula is C15H24FNO2. The zero-order valence-electron chi connectivity index (χ0n) is 12.2. The molecule has 2 unspecified atom stereocenters. The average Bonchev–Trinajstić information content (AvgIpc) is 2.42. The SMILES string of the molecule is CCCC(OC)C(Cc1ccc(OC)c(F)c1)NC. The van der Waals surface area contributed by atoms with Gasteiger partial charge in [0.1, 0.15) is 0 Å². The number of methoxy groups -OCH3 is 2. The molecule has 0 heterocycles. The topological polar surface area (TPSA) is 30.5 Å². The van der Waals surface area contributed by atoms with Crippen molar-refractivity contribution in [3.05, 3.63) is 29.6 Å². The fourth-order valence-corrected chi connectivity index (χ4v) is 2.28. The predicted octanol–water partition coefficient (Wildman–Crippen LogP) is 2.78. The summed E-state index contributed by atoms with van der Waals surface area (Å²) in [7, 11) is 5.10. The van der Waals surface area contributed by atoms with Gasteiger partial charge < -0.3 is 14.8 Å². The molecular weight excluding hydrogens is 245 g/mol. The second-order valence-electron chi connectivity index (χ2n) is 4.63. The quantitative estimate of drug-likeness (QED) is 0.787. The summed E-state index contributed by atoms with van der Waals surface area (Å²) in [5, 5.41) is 3.26. The van der Waals surface area contributed by atoms with Gasteiger partial charge in [0.25, 0.3) is 0 Å². The van der Waals surface area contributed by atoms with Crippen LogP contribution in [0.25, 0.3) is 0 Å². The molecule has 0 aliphatic heterocycles. The molecule has 108 valence electrons. The summed E-state index contributed by atoms with van der Waals surface area (Å²) in [5.74, 6) is -0.0408. The first kappa shape index (κ1) is 15.9. The van der Waals surface area contributed by atoms with Gasteiger partial charge in [-0.1, -0.05) is 19.4 Å². The summed E-state index contributed by atoms with van der Waals surface area (Å²) in [6, 6.07) is 5.27. The molecule has 19 heavy (non-hydrogen) atoms. The van der Waals surface area contributed by atoms with Crippen molar-refractivity contribution >= 4 is 0 Å². The molecule has 2 atom stereocenters. The van der Waals surface area contributed by atoms with E-state index in [4.69, 9.17) is 9.47 Å². The van der Waals surface area contributed by atoms with Crippen LogP contribution in [-0.2, 0) is 11.2 Å². The molecule has 3 nitrogen and oxygen atoms in total. The average molecular weight is 269 g/mol. The Labute approximate surface area is 115 Å². The number of likely N-dealkylation sites (N-methyl/N-ethyl adjacent to an activating group) is 1. The molecule has 4 heteroatoms. The Balaban J connectivity index is 2.77. The summed E-state index contributed by atoms with van der Waals surface area (Å²) < 4.78 is 24.1. The molecule has 0 spiro atoms. The smallest absolute Gasteiger partial charge is 0.165 e. The van der Waals surface area contributed by atoms with Gasteiger partial charge in [0.05, 0.1) is 13.2 Å². The largest absolute Gasteiger partial charge is 0.494 e. The first-order valence-corrected chi connectivity index (χ1v) is 6.68. The lowest BCUT2D eigenvalue weighted by Gasteiger charge is -2.25. The second-order valence-corrected chi connectivity index (χ2v) is 4.63. The molecule has 0 saturated carbocycles. The van der Waals surface area contributed by atoms with Gasteiger partial charge >= 0.3 is 0 Å².